The van der Waals surface area contributed by atoms with Gasteiger partial charge in [-0.15, -0.1) is 0 Å². The molecule has 2 aromatic carbocycles. The SMILES string of the molecule is Cc1ccc(NC(=O)c2cccc(C(F)(F)F)c2)c(Cl)c1-c1cc2cnccc2n(C)c1=O. The van der Waals surface area contributed by atoms with E-state index in [2.05, 4.69) is 10.3 Å². The van der Waals surface area contributed by atoms with Crippen LogP contribution in [0.4, 0.5) is 18.9 Å². The van der Waals surface area contributed by atoms with E-state index in [1.165, 1.54) is 10.6 Å². The Balaban J connectivity index is 1.78. The first-order valence-electron chi connectivity index (χ1n) is 9.80. The van der Waals surface area contributed by atoms with Gasteiger partial charge >= 0.3 is 6.18 Å². The van der Waals surface area contributed by atoms with Crippen LogP contribution in [0.15, 0.2) is 65.7 Å². The molecule has 0 atom stereocenters. The number of amides is 1. The summed E-state index contributed by atoms with van der Waals surface area (Å²) in [5.41, 5.74) is 0.905. The molecule has 0 aliphatic rings. The van der Waals surface area contributed by atoms with Crippen molar-refractivity contribution in [3.63, 3.8) is 0 Å². The minimum atomic E-state index is -4.57. The Hall–Kier alpha value is -3.65. The van der Waals surface area contributed by atoms with Crippen LogP contribution in [0.25, 0.3) is 22.0 Å². The van der Waals surface area contributed by atoms with Gasteiger partial charge in [-0.05, 0) is 48.9 Å². The molecule has 4 aromatic rings. The van der Waals surface area contributed by atoms with Crippen LogP contribution in [0.1, 0.15) is 21.5 Å². The number of alkyl halides is 3. The highest BCUT2D eigenvalue weighted by Gasteiger charge is 2.31. The second-order valence-corrected chi connectivity index (χ2v) is 7.89. The summed E-state index contributed by atoms with van der Waals surface area (Å²) in [6, 6.07) is 10.7. The molecule has 0 saturated carbocycles. The van der Waals surface area contributed by atoms with Crippen molar-refractivity contribution in [1.29, 1.82) is 0 Å². The lowest BCUT2D eigenvalue weighted by atomic mass is 9.99. The van der Waals surface area contributed by atoms with E-state index in [-0.39, 0.29) is 21.8 Å². The third-order valence-electron chi connectivity index (χ3n) is 5.34. The van der Waals surface area contributed by atoms with Crippen molar-refractivity contribution in [3.05, 3.63) is 93.0 Å². The molecular formula is C24H17ClF3N3O2. The molecule has 0 fully saturated rings. The largest absolute Gasteiger partial charge is 0.416 e. The molecule has 33 heavy (non-hydrogen) atoms. The smallest absolute Gasteiger partial charge is 0.321 e. The summed E-state index contributed by atoms with van der Waals surface area (Å²) in [5.74, 6) is -0.756. The maximum absolute atomic E-state index is 13.1. The predicted octanol–water partition coefficient (Wildman–Crippen LogP) is 5.83. The first-order valence-corrected chi connectivity index (χ1v) is 10.2. The summed E-state index contributed by atoms with van der Waals surface area (Å²) in [7, 11) is 1.64. The number of aryl methyl sites for hydroxylation is 2. The molecule has 0 radical (unpaired) electrons. The van der Waals surface area contributed by atoms with Crippen molar-refractivity contribution in [3.8, 4) is 11.1 Å². The van der Waals surface area contributed by atoms with Gasteiger partial charge in [0.2, 0.25) is 0 Å². The van der Waals surface area contributed by atoms with E-state index < -0.39 is 17.6 Å². The van der Waals surface area contributed by atoms with Crippen molar-refractivity contribution in [2.24, 2.45) is 7.05 Å². The van der Waals surface area contributed by atoms with Crippen molar-refractivity contribution >= 4 is 34.1 Å². The van der Waals surface area contributed by atoms with Crippen LogP contribution in [0.3, 0.4) is 0 Å². The number of aromatic nitrogens is 2. The number of rotatable bonds is 3. The number of anilines is 1. The number of hydrogen-bond donors (Lipinski definition) is 1. The van der Waals surface area contributed by atoms with Gasteiger partial charge in [0.05, 0.1) is 21.8 Å². The van der Waals surface area contributed by atoms with Crippen molar-refractivity contribution in [1.82, 2.24) is 9.55 Å². The minimum absolute atomic E-state index is 0.107. The van der Waals surface area contributed by atoms with E-state index in [1.807, 2.05) is 0 Å². The number of benzene rings is 2. The van der Waals surface area contributed by atoms with E-state index in [0.29, 0.717) is 22.2 Å². The lowest BCUT2D eigenvalue weighted by molar-refractivity contribution is -0.137. The number of fused-ring (bicyclic) bond motifs is 1. The van der Waals surface area contributed by atoms with Crippen LogP contribution in [-0.4, -0.2) is 15.5 Å². The molecule has 2 heterocycles. The van der Waals surface area contributed by atoms with Crippen LogP contribution in [0, 0.1) is 6.92 Å². The fraction of sp³-hybridized carbons (Fsp3) is 0.125. The van der Waals surface area contributed by atoms with Gasteiger partial charge in [0, 0.05) is 41.5 Å². The monoisotopic (exact) mass is 471 g/mol. The molecule has 168 valence electrons. The highest BCUT2D eigenvalue weighted by molar-refractivity contribution is 6.37. The number of carbonyl (C=O) groups excluding carboxylic acids is 1. The summed E-state index contributed by atoms with van der Waals surface area (Å²) in [6.07, 6.45) is -1.36. The van der Waals surface area contributed by atoms with Crippen LogP contribution in [0.2, 0.25) is 5.02 Å². The second-order valence-electron chi connectivity index (χ2n) is 7.51. The van der Waals surface area contributed by atoms with Gasteiger partial charge in [0.25, 0.3) is 11.5 Å². The maximum atomic E-state index is 13.1. The zero-order valence-electron chi connectivity index (χ0n) is 17.5. The fourth-order valence-electron chi connectivity index (χ4n) is 3.63. The van der Waals surface area contributed by atoms with Gasteiger partial charge in [0.15, 0.2) is 0 Å². The predicted molar refractivity (Wildman–Crippen MR) is 122 cm³/mol. The molecule has 1 N–H and O–H groups in total. The molecule has 0 aliphatic heterocycles. The van der Waals surface area contributed by atoms with Crippen LogP contribution in [0.5, 0.6) is 0 Å². The molecule has 4 rings (SSSR count). The number of halogens is 4. The molecule has 0 aliphatic carbocycles. The quantitative estimate of drug-likeness (QED) is 0.408. The average Bonchev–Trinajstić information content (AvgIpc) is 2.78. The van der Waals surface area contributed by atoms with E-state index in [9.17, 15) is 22.8 Å². The Kier molecular flexibility index (Phi) is 5.71. The third kappa shape index (κ3) is 4.21. The van der Waals surface area contributed by atoms with Gasteiger partial charge in [-0.2, -0.15) is 13.2 Å². The van der Waals surface area contributed by atoms with Gasteiger partial charge < -0.3 is 9.88 Å². The highest BCUT2D eigenvalue weighted by Crippen LogP contribution is 2.36. The normalized spacial score (nSPS) is 11.6. The zero-order chi connectivity index (χ0) is 23.9. The third-order valence-corrected chi connectivity index (χ3v) is 5.74. The van der Waals surface area contributed by atoms with Gasteiger partial charge in [-0.1, -0.05) is 23.7 Å². The Morgan fingerprint density at radius 3 is 2.61 bits per heavy atom. The van der Waals surface area contributed by atoms with E-state index >= 15 is 0 Å². The fourth-order valence-corrected chi connectivity index (χ4v) is 3.99. The Morgan fingerprint density at radius 2 is 1.88 bits per heavy atom. The van der Waals surface area contributed by atoms with Crippen molar-refractivity contribution in [2.45, 2.75) is 13.1 Å². The van der Waals surface area contributed by atoms with E-state index in [1.54, 1.807) is 50.6 Å². The Morgan fingerprint density at radius 1 is 1.12 bits per heavy atom. The topological polar surface area (TPSA) is 64.0 Å². The Labute approximate surface area is 191 Å². The molecule has 9 heteroatoms. The second kappa shape index (κ2) is 8.37. The first-order chi connectivity index (χ1) is 15.6. The van der Waals surface area contributed by atoms with Gasteiger partial charge in [-0.25, -0.2) is 0 Å². The number of pyridine rings is 2. The molecular weight excluding hydrogens is 455 g/mol. The van der Waals surface area contributed by atoms with Crippen LogP contribution >= 0.6 is 11.6 Å². The number of carbonyl (C=O) groups is 1. The maximum Gasteiger partial charge on any atom is 0.416 e. The van der Waals surface area contributed by atoms with E-state index in [4.69, 9.17) is 11.6 Å². The summed E-state index contributed by atoms with van der Waals surface area (Å²) < 4.78 is 40.5. The van der Waals surface area contributed by atoms with Gasteiger partial charge in [0.1, 0.15) is 0 Å². The molecule has 0 unspecified atom stereocenters. The average molecular weight is 472 g/mol. The zero-order valence-corrected chi connectivity index (χ0v) is 18.3. The lowest BCUT2D eigenvalue weighted by Crippen LogP contribution is -2.20. The minimum Gasteiger partial charge on any atom is -0.321 e. The molecule has 0 saturated heterocycles. The summed E-state index contributed by atoms with van der Waals surface area (Å²) in [6.45, 7) is 1.77. The van der Waals surface area contributed by atoms with Crippen molar-refractivity contribution in [2.75, 3.05) is 5.32 Å². The standard InChI is InChI=1S/C24H17ClF3N3O2/c1-13-6-7-18(30-22(32)14-4-3-5-16(10-14)24(26,27)28)21(25)20(13)17-11-15-12-29-9-8-19(15)31(2)23(17)33/h3-12H,1-2H3,(H,30,32). The first kappa shape index (κ1) is 22.5. The molecule has 5 nitrogen and oxygen atoms in total. The number of nitrogens with zero attached hydrogens (tertiary/aromatic N) is 2. The molecule has 0 spiro atoms. The van der Waals surface area contributed by atoms with Crippen LogP contribution < -0.4 is 10.9 Å². The summed E-state index contributed by atoms with van der Waals surface area (Å²) in [4.78, 5) is 29.8. The van der Waals surface area contributed by atoms with Crippen molar-refractivity contribution < 1.29 is 18.0 Å². The number of nitrogens with one attached hydrogen (secondary N) is 1. The summed E-state index contributed by atoms with van der Waals surface area (Å²) in [5, 5.41) is 3.39. The Bertz CT molecular complexity index is 1460. The molecule has 1 amide bonds. The molecule has 0 bridgehead atoms. The lowest BCUT2D eigenvalue weighted by Gasteiger charge is -2.16. The molecule has 2 aromatic heterocycles. The van der Waals surface area contributed by atoms with Gasteiger partial charge in [-0.3, -0.25) is 14.6 Å². The highest BCUT2D eigenvalue weighted by atomic mass is 35.5. The van der Waals surface area contributed by atoms with Crippen LogP contribution in [-0.2, 0) is 13.2 Å². The summed E-state index contributed by atoms with van der Waals surface area (Å²) >= 11 is 6.60. The number of hydrogen-bond acceptors (Lipinski definition) is 3. The van der Waals surface area contributed by atoms with E-state index in [0.717, 1.165) is 23.6 Å².